The highest BCUT2D eigenvalue weighted by Crippen LogP contribution is 2.32. The van der Waals surface area contributed by atoms with Crippen LogP contribution >= 0.6 is 0 Å². The lowest BCUT2D eigenvalue weighted by atomic mass is 10.1. The van der Waals surface area contributed by atoms with Crippen LogP contribution in [0.2, 0.25) is 0 Å². The van der Waals surface area contributed by atoms with Gasteiger partial charge in [-0.05, 0) is 31.9 Å². The van der Waals surface area contributed by atoms with Crippen LogP contribution in [-0.4, -0.2) is 23.9 Å². The molecule has 0 aliphatic carbocycles. The van der Waals surface area contributed by atoms with E-state index < -0.39 is 6.04 Å². The first kappa shape index (κ1) is 12.6. The number of rotatable bonds is 2. The van der Waals surface area contributed by atoms with E-state index in [0.29, 0.717) is 0 Å². The molecule has 0 saturated carbocycles. The zero-order valence-electron chi connectivity index (χ0n) is 10.9. The van der Waals surface area contributed by atoms with Gasteiger partial charge in [-0.3, -0.25) is 9.59 Å². The predicted octanol–water partition coefficient (Wildman–Crippen LogP) is 1.49. The minimum Gasteiger partial charge on any atom is -0.345 e. The molecule has 2 unspecified atom stereocenters. The number of carbonyl (C=O) groups excluding carboxylic acids is 2. The first-order chi connectivity index (χ1) is 8.50. The van der Waals surface area contributed by atoms with Gasteiger partial charge in [-0.2, -0.15) is 0 Å². The van der Waals surface area contributed by atoms with Gasteiger partial charge in [0.25, 0.3) is 0 Å². The smallest absolute Gasteiger partial charge is 0.249 e. The van der Waals surface area contributed by atoms with Crippen molar-refractivity contribution in [1.82, 2.24) is 5.32 Å². The van der Waals surface area contributed by atoms with Crippen LogP contribution in [0.25, 0.3) is 0 Å². The molecule has 0 fully saturated rings. The van der Waals surface area contributed by atoms with Crippen molar-refractivity contribution in [1.29, 1.82) is 0 Å². The third-order valence-corrected chi connectivity index (χ3v) is 3.23. The van der Waals surface area contributed by atoms with Crippen molar-refractivity contribution in [2.24, 2.45) is 0 Å². The maximum Gasteiger partial charge on any atom is 0.249 e. The van der Waals surface area contributed by atoms with E-state index in [0.717, 1.165) is 12.1 Å². The molecule has 0 bridgehead atoms. The third-order valence-electron chi connectivity index (χ3n) is 3.23. The molecular formula is C14H18N2O2. The maximum atomic E-state index is 12.4. The van der Waals surface area contributed by atoms with Crippen molar-refractivity contribution >= 4 is 17.5 Å². The molecule has 0 aromatic heterocycles. The number of para-hydroxylation sites is 1. The van der Waals surface area contributed by atoms with Gasteiger partial charge in [0.15, 0.2) is 0 Å². The first-order valence-electron chi connectivity index (χ1n) is 6.18. The van der Waals surface area contributed by atoms with Gasteiger partial charge in [0.05, 0.1) is 0 Å². The summed E-state index contributed by atoms with van der Waals surface area (Å²) >= 11 is 0. The molecule has 18 heavy (non-hydrogen) atoms. The summed E-state index contributed by atoms with van der Waals surface area (Å²) in [6.07, 6.45) is 0.870. The number of carbonyl (C=O) groups is 2. The van der Waals surface area contributed by atoms with Gasteiger partial charge in [-0.25, -0.2) is 0 Å². The number of amides is 2. The lowest BCUT2D eigenvalue weighted by Crippen LogP contribution is -2.48. The highest BCUT2D eigenvalue weighted by Gasteiger charge is 2.33. The fourth-order valence-corrected chi connectivity index (χ4v) is 2.48. The highest BCUT2D eigenvalue weighted by atomic mass is 16.2. The average molecular weight is 246 g/mol. The fraction of sp³-hybridized carbons (Fsp3) is 0.429. The van der Waals surface area contributed by atoms with Crippen LogP contribution < -0.4 is 10.2 Å². The second-order valence-electron chi connectivity index (χ2n) is 4.81. The zero-order chi connectivity index (χ0) is 13.3. The van der Waals surface area contributed by atoms with E-state index >= 15 is 0 Å². The van der Waals surface area contributed by atoms with Crippen LogP contribution in [0.3, 0.4) is 0 Å². The van der Waals surface area contributed by atoms with E-state index in [2.05, 4.69) is 5.32 Å². The van der Waals surface area contributed by atoms with Crippen molar-refractivity contribution in [3.8, 4) is 0 Å². The maximum absolute atomic E-state index is 12.4. The third kappa shape index (κ3) is 2.23. The molecule has 4 heteroatoms. The summed E-state index contributed by atoms with van der Waals surface area (Å²) in [7, 11) is 0. The van der Waals surface area contributed by atoms with Crippen LogP contribution in [0.1, 0.15) is 26.3 Å². The van der Waals surface area contributed by atoms with E-state index in [1.165, 1.54) is 12.5 Å². The van der Waals surface area contributed by atoms with Crippen molar-refractivity contribution in [2.45, 2.75) is 39.3 Å². The van der Waals surface area contributed by atoms with E-state index in [9.17, 15) is 9.59 Å². The van der Waals surface area contributed by atoms with Gasteiger partial charge in [0.1, 0.15) is 6.04 Å². The summed E-state index contributed by atoms with van der Waals surface area (Å²) < 4.78 is 0. The molecule has 96 valence electrons. The molecule has 2 atom stereocenters. The predicted molar refractivity (Wildman–Crippen MR) is 70.4 cm³/mol. The Morgan fingerprint density at radius 3 is 2.72 bits per heavy atom. The molecule has 4 nitrogen and oxygen atoms in total. The van der Waals surface area contributed by atoms with Crippen LogP contribution in [0.15, 0.2) is 24.3 Å². The second kappa shape index (κ2) is 4.80. The Labute approximate surface area is 107 Å². The lowest BCUT2D eigenvalue weighted by molar-refractivity contribution is -0.126. The Hall–Kier alpha value is -1.84. The molecule has 1 aromatic rings. The van der Waals surface area contributed by atoms with E-state index in [1.807, 2.05) is 31.2 Å². The molecule has 0 radical (unpaired) electrons. The molecule has 0 spiro atoms. The van der Waals surface area contributed by atoms with Crippen molar-refractivity contribution in [3.63, 3.8) is 0 Å². The van der Waals surface area contributed by atoms with Gasteiger partial charge in [0, 0.05) is 18.7 Å². The molecular weight excluding hydrogens is 228 g/mol. The minimum absolute atomic E-state index is 0.0531. The summed E-state index contributed by atoms with van der Waals surface area (Å²) in [5.74, 6) is -0.237. The molecule has 1 N–H and O–H groups in total. The number of nitrogens with one attached hydrogen (secondary N) is 1. The highest BCUT2D eigenvalue weighted by molar-refractivity contribution is 6.00. The van der Waals surface area contributed by atoms with Crippen molar-refractivity contribution in [2.75, 3.05) is 4.90 Å². The molecule has 1 aliphatic heterocycles. The summed E-state index contributed by atoms with van der Waals surface area (Å²) in [5, 5.41) is 2.64. The normalized spacial score (nSPS) is 19.3. The van der Waals surface area contributed by atoms with E-state index in [-0.39, 0.29) is 17.9 Å². The number of anilines is 1. The number of nitrogens with zero attached hydrogens (tertiary/aromatic N) is 1. The van der Waals surface area contributed by atoms with Crippen LogP contribution in [0.5, 0.6) is 0 Å². The first-order valence-corrected chi connectivity index (χ1v) is 6.18. The molecule has 0 saturated heterocycles. The summed E-state index contributed by atoms with van der Waals surface area (Å²) in [6.45, 7) is 5.17. The Kier molecular flexibility index (Phi) is 3.36. The molecule has 2 amide bonds. The SMILES string of the molecule is CC(=O)NC(C)C(=O)N1c2ccccc2CC1C. The van der Waals surface area contributed by atoms with Gasteiger partial charge >= 0.3 is 0 Å². The van der Waals surface area contributed by atoms with Crippen molar-refractivity contribution in [3.05, 3.63) is 29.8 Å². The Morgan fingerprint density at radius 2 is 2.06 bits per heavy atom. The quantitative estimate of drug-likeness (QED) is 0.859. The molecule has 2 rings (SSSR count). The summed E-state index contributed by atoms with van der Waals surface area (Å²) in [4.78, 5) is 25.2. The number of hydrogen-bond acceptors (Lipinski definition) is 2. The van der Waals surface area contributed by atoms with Crippen LogP contribution in [0.4, 0.5) is 5.69 Å². The fourth-order valence-electron chi connectivity index (χ4n) is 2.48. The summed E-state index contributed by atoms with van der Waals surface area (Å²) in [5.41, 5.74) is 2.15. The minimum atomic E-state index is -0.490. The molecule has 1 heterocycles. The number of fused-ring (bicyclic) bond motifs is 1. The second-order valence-corrected chi connectivity index (χ2v) is 4.81. The van der Waals surface area contributed by atoms with Crippen LogP contribution in [-0.2, 0) is 16.0 Å². The van der Waals surface area contributed by atoms with Crippen LogP contribution in [0, 0.1) is 0 Å². The molecule has 1 aromatic carbocycles. The van der Waals surface area contributed by atoms with E-state index in [1.54, 1.807) is 11.8 Å². The Morgan fingerprint density at radius 1 is 1.39 bits per heavy atom. The van der Waals surface area contributed by atoms with Gasteiger partial charge < -0.3 is 10.2 Å². The van der Waals surface area contributed by atoms with Crippen molar-refractivity contribution < 1.29 is 9.59 Å². The van der Waals surface area contributed by atoms with Gasteiger partial charge in [-0.1, -0.05) is 18.2 Å². The average Bonchev–Trinajstić information content (AvgIpc) is 2.63. The molecule has 1 aliphatic rings. The van der Waals surface area contributed by atoms with Gasteiger partial charge in [0.2, 0.25) is 11.8 Å². The standard InChI is InChI=1S/C14H18N2O2/c1-9-8-12-6-4-5-7-13(12)16(9)14(18)10(2)15-11(3)17/h4-7,9-10H,8H2,1-3H3,(H,15,17). The van der Waals surface area contributed by atoms with E-state index in [4.69, 9.17) is 0 Å². The van der Waals surface area contributed by atoms with Gasteiger partial charge in [-0.15, -0.1) is 0 Å². The zero-order valence-corrected chi connectivity index (χ0v) is 10.9. The largest absolute Gasteiger partial charge is 0.345 e. The Bertz CT molecular complexity index is 484. The number of hydrogen-bond donors (Lipinski definition) is 1. The topological polar surface area (TPSA) is 49.4 Å². The number of benzene rings is 1. The lowest BCUT2D eigenvalue weighted by Gasteiger charge is -2.26. The summed E-state index contributed by atoms with van der Waals surface area (Å²) in [6, 6.07) is 7.57. The monoisotopic (exact) mass is 246 g/mol. The Balaban J connectivity index is 2.23.